The molecule has 4 N–H and O–H groups in total. The minimum atomic E-state index is -4.84. The number of alkyl halides is 3. The third-order valence-electron chi connectivity index (χ3n) is 11.1. The number of halogens is 5. The molecule has 0 aliphatic heterocycles. The summed E-state index contributed by atoms with van der Waals surface area (Å²) in [7, 11) is 0. The van der Waals surface area contributed by atoms with Gasteiger partial charge in [-0.25, -0.2) is 4.39 Å². The Labute approximate surface area is 312 Å². The highest BCUT2D eigenvalue weighted by Crippen LogP contribution is 2.59. The van der Waals surface area contributed by atoms with E-state index in [1.807, 2.05) is 26.0 Å². The van der Waals surface area contributed by atoms with Crippen molar-refractivity contribution in [1.29, 1.82) is 0 Å². The molecule has 53 heavy (non-hydrogen) atoms. The topological polar surface area (TPSA) is 110 Å². The summed E-state index contributed by atoms with van der Waals surface area (Å²) in [4.78, 5) is 16.0. The third-order valence-corrected chi connectivity index (χ3v) is 11.5. The molecule has 3 aromatic carbocycles. The Morgan fingerprint density at radius 1 is 1.09 bits per heavy atom. The van der Waals surface area contributed by atoms with E-state index < -0.39 is 42.0 Å². The number of aliphatic hydroxyl groups is 4. The number of hydrogen-bond acceptors (Lipinski definition) is 7. The van der Waals surface area contributed by atoms with Crippen LogP contribution in [0.1, 0.15) is 90.9 Å². The molecule has 0 spiro atoms. The molecule has 1 fully saturated rings. The minimum absolute atomic E-state index is 0.0243. The summed E-state index contributed by atoms with van der Waals surface area (Å²) in [5.74, 6) is -1.63. The number of carbonyl (C=O) groups is 1. The van der Waals surface area contributed by atoms with Gasteiger partial charge in [0.15, 0.2) is 5.78 Å². The molecular formula is C41H48ClF4NO6. The molecule has 288 valence electrons. The molecule has 6 rings (SSSR count). The second-order valence-electron chi connectivity index (χ2n) is 14.9. The lowest BCUT2D eigenvalue weighted by Crippen LogP contribution is -2.53. The molecule has 3 aliphatic rings. The Morgan fingerprint density at radius 2 is 1.83 bits per heavy atom. The first kappa shape index (κ1) is 40.9. The number of allylic oxidation sites excluding steroid dienone is 2. The Morgan fingerprint density at radius 3 is 2.51 bits per heavy atom. The van der Waals surface area contributed by atoms with Gasteiger partial charge in [0.05, 0.1) is 24.4 Å². The Balaban J connectivity index is 1.53. The summed E-state index contributed by atoms with van der Waals surface area (Å²) in [5, 5.41) is 44.1. The monoisotopic (exact) mass is 761 g/mol. The zero-order valence-electron chi connectivity index (χ0n) is 30.0. The van der Waals surface area contributed by atoms with E-state index in [0.717, 1.165) is 11.1 Å². The maximum absolute atomic E-state index is 14.9. The van der Waals surface area contributed by atoms with Crippen LogP contribution in [0.25, 0.3) is 0 Å². The van der Waals surface area contributed by atoms with E-state index in [0.29, 0.717) is 61.6 Å². The third kappa shape index (κ3) is 10.1. The minimum Gasteiger partial charge on any atom is -0.406 e. The van der Waals surface area contributed by atoms with Crippen LogP contribution < -0.4 is 4.74 Å². The number of hydrogen-bond donors (Lipinski definition) is 4. The lowest BCUT2D eigenvalue weighted by molar-refractivity contribution is -0.274. The van der Waals surface area contributed by atoms with Crippen molar-refractivity contribution >= 4 is 17.4 Å². The molecule has 0 saturated heterocycles. The predicted molar refractivity (Wildman–Crippen MR) is 194 cm³/mol. The Bertz CT molecular complexity index is 1750. The average Bonchev–Trinajstić information content (AvgIpc) is 3.34. The summed E-state index contributed by atoms with van der Waals surface area (Å²) in [6, 6.07) is 15.2. The molecule has 0 heterocycles. The molecule has 1 saturated carbocycles. The average molecular weight is 762 g/mol. The molecule has 5 atom stereocenters. The lowest BCUT2D eigenvalue weighted by atomic mass is 9.64. The molecule has 7 nitrogen and oxygen atoms in total. The Kier molecular flexibility index (Phi) is 13.1. The summed E-state index contributed by atoms with van der Waals surface area (Å²) in [6.07, 6.45) is -1.33. The SMILES string of the molecule is CC1=CCC[C@@]2(C)[C@@H](CC[C@@]2(O)CN(Cc2ccc(OC(F)(F)F)cc2)C[C@H](O)CO)c2ccc(cc2C(=O)Cc2c(F)cccc2Cl)C[C@@H](O)CC1. The summed E-state index contributed by atoms with van der Waals surface area (Å²) < 4.78 is 57.3. The van der Waals surface area contributed by atoms with Gasteiger partial charge >= 0.3 is 6.36 Å². The van der Waals surface area contributed by atoms with Crippen LogP contribution in [-0.2, 0) is 19.4 Å². The molecule has 0 unspecified atom stereocenters. The number of aliphatic hydroxyl groups excluding tert-OH is 3. The van der Waals surface area contributed by atoms with Crippen molar-refractivity contribution in [2.24, 2.45) is 5.41 Å². The maximum atomic E-state index is 14.9. The first-order valence-corrected chi connectivity index (χ1v) is 18.4. The highest BCUT2D eigenvalue weighted by molar-refractivity contribution is 6.31. The molecule has 3 aliphatic carbocycles. The van der Waals surface area contributed by atoms with E-state index in [9.17, 15) is 42.8 Å². The zero-order chi connectivity index (χ0) is 38.6. The quantitative estimate of drug-likeness (QED) is 0.0901. The van der Waals surface area contributed by atoms with Crippen molar-refractivity contribution in [1.82, 2.24) is 4.90 Å². The van der Waals surface area contributed by atoms with Crippen LogP contribution in [0.3, 0.4) is 0 Å². The first-order chi connectivity index (χ1) is 25.0. The molecular weight excluding hydrogens is 714 g/mol. The fourth-order valence-corrected chi connectivity index (χ4v) is 8.39. The largest absolute Gasteiger partial charge is 0.573 e. The van der Waals surface area contributed by atoms with Gasteiger partial charge in [0.2, 0.25) is 0 Å². The number of nitrogens with zero attached hydrogens (tertiary/aromatic N) is 1. The van der Waals surface area contributed by atoms with Gasteiger partial charge in [0, 0.05) is 47.6 Å². The predicted octanol–water partition coefficient (Wildman–Crippen LogP) is 7.70. The number of benzene rings is 3. The molecule has 0 aromatic heterocycles. The first-order valence-electron chi connectivity index (χ1n) is 18.0. The highest BCUT2D eigenvalue weighted by atomic mass is 35.5. The van der Waals surface area contributed by atoms with E-state index >= 15 is 0 Å². The van der Waals surface area contributed by atoms with Crippen LogP contribution in [0.5, 0.6) is 5.75 Å². The van der Waals surface area contributed by atoms with Crippen molar-refractivity contribution in [3.63, 3.8) is 0 Å². The van der Waals surface area contributed by atoms with Gasteiger partial charge in [-0.15, -0.1) is 13.2 Å². The van der Waals surface area contributed by atoms with Gasteiger partial charge in [0.1, 0.15) is 11.6 Å². The van der Waals surface area contributed by atoms with E-state index in [1.54, 1.807) is 11.0 Å². The van der Waals surface area contributed by atoms with Crippen LogP contribution in [0, 0.1) is 11.2 Å². The van der Waals surface area contributed by atoms with Crippen LogP contribution in [0.15, 0.2) is 72.3 Å². The molecule has 0 amide bonds. The fraction of sp³-hybridized carbons (Fsp3) is 0.488. The smallest absolute Gasteiger partial charge is 0.406 e. The number of Topliss-reactive ketones (excluding diaryl/α,β-unsaturated/α-hetero) is 1. The molecule has 2 bridgehead atoms. The van der Waals surface area contributed by atoms with E-state index in [2.05, 4.69) is 10.8 Å². The Hall–Kier alpha value is -3.32. The number of carbonyl (C=O) groups excluding carboxylic acids is 1. The lowest BCUT2D eigenvalue weighted by Gasteiger charge is -2.46. The highest BCUT2D eigenvalue weighted by Gasteiger charge is 2.57. The molecule has 0 radical (unpaired) electrons. The van der Waals surface area contributed by atoms with Gasteiger partial charge in [-0.2, -0.15) is 0 Å². The van der Waals surface area contributed by atoms with Gasteiger partial charge in [-0.05, 0) is 105 Å². The van der Waals surface area contributed by atoms with E-state index in [4.69, 9.17) is 11.6 Å². The summed E-state index contributed by atoms with van der Waals surface area (Å²) in [6.45, 7) is 3.66. The van der Waals surface area contributed by atoms with Crippen molar-refractivity contribution < 1.29 is 47.5 Å². The number of ether oxygens (including phenoxy) is 1. The van der Waals surface area contributed by atoms with Crippen LogP contribution >= 0.6 is 11.6 Å². The fourth-order valence-electron chi connectivity index (χ4n) is 8.16. The second kappa shape index (κ2) is 17.0. The zero-order valence-corrected chi connectivity index (χ0v) is 30.8. The van der Waals surface area contributed by atoms with Gasteiger partial charge in [-0.3, -0.25) is 9.69 Å². The standard InChI is InChI=1S/C41H48ClF4NO6/c1-26-5-4-17-39(2)35(16-18-40(39,52)25-47(23-30(50)24-48)22-27-9-13-31(14-10-27)53-41(44,45)46)32-15-11-28(19-29(49)12-8-26)20-33(32)38(51)21-34-36(42)6-3-7-37(34)43/h3,5-7,9-11,13-15,20,29-30,35,48-50,52H,4,8,12,16-19,21-25H2,1-2H3/t29-,30-,35-,39-,40+/m0/s1. The number of ketones is 1. The van der Waals surface area contributed by atoms with Crippen molar-refractivity contribution in [2.45, 2.75) is 102 Å². The van der Waals surface area contributed by atoms with Crippen LogP contribution in [-0.4, -0.2) is 75.0 Å². The van der Waals surface area contributed by atoms with Gasteiger partial charge in [-0.1, -0.05) is 60.5 Å². The normalized spacial score (nSPS) is 24.4. The van der Waals surface area contributed by atoms with Crippen molar-refractivity contribution in [3.8, 4) is 5.75 Å². The maximum Gasteiger partial charge on any atom is 0.573 e. The van der Waals surface area contributed by atoms with Crippen molar-refractivity contribution in [2.75, 3.05) is 19.7 Å². The number of fused-ring (bicyclic) bond motifs is 8. The van der Waals surface area contributed by atoms with E-state index in [-0.39, 0.29) is 54.1 Å². The molecule has 3 aromatic rings. The van der Waals surface area contributed by atoms with Gasteiger partial charge < -0.3 is 25.2 Å². The van der Waals surface area contributed by atoms with E-state index in [1.165, 1.54) is 42.5 Å². The summed E-state index contributed by atoms with van der Waals surface area (Å²) >= 11 is 6.34. The molecule has 12 heteroatoms. The van der Waals surface area contributed by atoms with Gasteiger partial charge in [0.25, 0.3) is 0 Å². The summed E-state index contributed by atoms with van der Waals surface area (Å²) in [5.41, 5.74) is 1.43. The number of rotatable bonds is 11. The van der Waals surface area contributed by atoms with Crippen LogP contribution in [0.4, 0.5) is 17.6 Å². The second-order valence-corrected chi connectivity index (χ2v) is 15.4. The van der Waals surface area contributed by atoms with Crippen LogP contribution in [0.2, 0.25) is 5.02 Å². The van der Waals surface area contributed by atoms with Crippen molar-refractivity contribution in [3.05, 3.63) is 111 Å².